The van der Waals surface area contributed by atoms with Crippen molar-refractivity contribution in [2.75, 3.05) is 13.3 Å². The Labute approximate surface area is 148 Å². The van der Waals surface area contributed by atoms with Gasteiger partial charge in [-0.05, 0) is 18.2 Å². The summed E-state index contributed by atoms with van der Waals surface area (Å²) in [7, 11) is 0. The molecule has 1 aliphatic heterocycles. The highest BCUT2D eigenvalue weighted by Gasteiger charge is 2.19. The van der Waals surface area contributed by atoms with Crippen molar-refractivity contribution in [3.8, 4) is 11.5 Å². The van der Waals surface area contributed by atoms with Crippen LogP contribution in [-0.2, 0) is 6.42 Å². The lowest BCUT2D eigenvalue weighted by Gasteiger charge is -2.09. The lowest BCUT2D eigenvalue weighted by atomic mass is 10.1. The van der Waals surface area contributed by atoms with E-state index in [2.05, 4.69) is 15.3 Å². The summed E-state index contributed by atoms with van der Waals surface area (Å²) >= 11 is 6.42. The van der Waals surface area contributed by atoms with Gasteiger partial charge in [0, 0.05) is 42.5 Å². The van der Waals surface area contributed by atoms with Gasteiger partial charge in [-0.2, -0.15) is 0 Å². The summed E-state index contributed by atoms with van der Waals surface area (Å²) in [6.07, 6.45) is 3.85. The van der Waals surface area contributed by atoms with E-state index in [1.807, 2.05) is 18.2 Å². The maximum Gasteiger partial charge on any atom is 0.254 e. The van der Waals surface area contributed by atoms with Gasteiger partial charge in [-0.3, -0.25) is 14.8 Å². The molecule has 0 saturated heterocycles. The van der Waals surface area contributed by atoms with Crippen molar-refractivity contribution in [2.45, 2.75) is 6.42 Å². The minimum Gasteiger partial charge on any atom is -0.454 e. The third kappa shape index (κ3) is 3.08. The van der Waals surface area contributed by atoms with Crippen molar-refractivity contribution in [3.05, 3.63) is 59.0 Å². The number of ether oxygens (including phenoxy) is 2. The zero-order valence-electron chi connectivity index (χ0n) is 13.2. The summed E-state index contributed by atoms with van der Waals surface area (Å²) in [6.45, 7) is 0.634. The van der Waals surface area contributed by atoms with Crippen molar-refractivity contribution in [2.24, 2.45) is 0 Å². The molecule has 1 N–H and O–H groups in total. The third-order valence-electron chi connectivity index (χ3n) is 3.93. The zero-order chi connectivity index (χ0) is 17.2. The number of fused-ring (bicyclic) bond motifs is 2. The Morgan fingerprint density at radius 1 is 1.20 bits per heavy atom. The van der Waals surface area contributed by atoms with E-state index >= 15 is 0 Å². The van der Waals surface area contributed by atoms with Gasteiger partial charge in [0.1, 0.15) is 0 Å². The average molecular weight is 356 g/mol. The number of pyridine rings is 2. The van der Waals surface area contributed by atoms with Gasteiger partial charge in [-0.1, -0.05) is 17.7 Å². The highest BCUT2D eigenvalue weighted by Crippen LogP contribution is 2.38. The molecule has 7 heteroatoms. The predicted molar refractivity (Wildman–Crippen MR) is 93.2 cm³/mol. The van der Waals surface area contributed by atoms with Crippen LogP contribution in [0.4, 0.5) is 0 Å². The van der Waals surface area contributed by atoms with Crippen LogP contribution in [0.5, 0.6) is 11.5 Å². The van der Waals surface area contributed by atoms with Gasteiger partial charge < -0.3 is 14.8 Å². The maximum atomic E-state index is 12.4. The molecule has 0 fully saturated rings. The van der Waals surface area contributed by atoms with E-state index in [0.717, 1.165) is 5.69 Å². The number of carbonyl (C=O) groups excluding carboxylic acids is 1. The van der Waals surface area contributed by atoms with Gasteiger partial charge in [0.25, 0.3) is 5.91 Å². The number of nitrogens with one attached hydrogen (secondary N) is 1. The Hall–Kier alpha value is -2.86. The van der Waals surface area contributed by atoms with Gasteiger partial charge in [-0.25, -0.2) is 0 Å². The number of hydrogen-bond donors (Lipinski definition) is 1. The molecule has 2 aromatic heterocycles. The second kappa shape index (κ2) is 6.57. The first-order valence-electron chi connectivity index (χ1n) is 7.78. The molecule has 6 nitrogen and oxygen atoms in total. The van der Waals surface area contributed by atoms with Crippen LogP contribution in [0.2, 0.25) is 5.02 Å². The molecular weight excluding hydrogens is 342 g/mol. The number of hydrogen-bond acceptors (Lipinski definition) is 5. The fourth-order valence-corrected chi connectivity index (χ4v) is 2.94. The fourth-order valence-electron chi connectivity index (χ4n) is 2.65. The maximum absolute atomic E-state index is 12.4. The predicted octanol–water partition coefficient (Wildman–Crippen LogP) is 2.98. The van der Waals surface area contributed by atoms with E-state index in [9.17, 15) is 4.79 Å². The van der Waals surface area contributed by atoms with E-state index in [1.165, 1.54) is 6.20 Å². The van der Waals surface area contributed by atoms with Gasteiger partial charge >= 0.3 is 0 Å². The fraction of sp³-hybridized carbons (Fsp3) is 0.167. The topological polar surface area (TPSA) is 73.3 Å². The normalized spacial score (nSPS) is 12.4. The summed E-state index contributed by atoms with van der Waals surface area (Å²) in [5.41, 5.74) is 1.89. The van der Waals surface area contributed by atoms with E-state index in [-0.39, 0.29) is 12.7 Å². The van der Waals surface area contributed by atoms with Crippen molar-refractivity contribution in [3.63, 3.8) is 0 Å². The molecular formula is C18H14ClN3O3. The van der Waals surface area contributed by atoms with Crippen molar-refractivity contribution < 1.29 is 14.3 Å². The van der Waals surface area contributed by atoms with Crippen LogP contribution in [0.15, 0.2) is 42.7 Å². The lowest BCUT2D eigenvalue weighted by molar-refractivity contribution is 0.0954. The van der Waals surface area contributed by atoms with Crippen LogP contribution < -0.4 is 14.8 Å². The second-order valence-corrected chi connectivity index (χ2v) is 5.91. The van der Waals surface area contributed by atoms with Crippen LogP contribution in [0, 0.1) is 0 Å². The molecule has 4 rings (SSSR count). The quantitative estimate of drug-likeness (QED) is 0.778. The number of rotatable bonds is 4. The Balaban J connectivity index is 1.53. The Bertz CT molecular complexity index is 947. The number of benzene rings is 1. The van der Waals surface area contributed by atoms with Crippen molar-refractivity contribution in [1.82, 2.24) is 15.3 Å². The third-order valence-corrected chi connectivity index (χ3v) is 4.34. The van der Waals surface area contributed by atoms with E-state index < -0.39 is 0 Å². The van der Waals surface area contributed by atoms with Gasteiger partial charge in [0.15, 0.2) is 11.5 Å². The standard InChI is InChI=1S/C18H14ClN3O3/c19-17-12-7-15-16(25-10-24-15)8-14(12)22-9-13(17)18(23)21-6-4-11-3-1-2-5-20-11/h1-3,5,7-9H,4,6,10H2,(H,21,23). The Morgan fingerprint density at radius 3 is 2.84 bits per heavy atom. The summed E-state index contributed by atoms with van der Waals surface area (Å²) in [5, 5.41) is 3.85. The Kier molecular flexibility index (Phi) is 4.11. The monoisotopic (exact) mass is 355 g/mol. The van der Waals surface area contributed by atoms with Crippen LogP contribution in [0.1, 0.15) is 16.1 Å². The second-order valence-electron chi connectivity index (χ2n) is 5.54. The molecule has 3 heterocycles. The summed E-state index contributed by atoms with van der Waals surface area (Å²) in [5.74, 6) is 0.959. The summed E-state index contributed by atoms with van der Waals surface area (Å²) < 4.78 is 10.7. The largest absolute Gasteiger partial charge is 0.454 e. The number of carbonyl (C=O) groups is 1. The molecule has 1 aromatic carbocycles. The van der Waals surface area contributed by atoms with Crippen LogP contribution in [0.25, 0.3) is 10.9 Å². The molecule has 0 spiro atoms. The molecule has 0 bridgehead atoms. The molecule has 1 amide bonds. The first-order chi connectivity index (χ1) is 12.2. The number of aromatic nitrogens is 2. The Morgan fingerprint density at radius 2 is 2.04 bits per heavy atom. The average Bonchev–Trinajstić information content (AvgIpc) is 3.09. The summed E-state index contributed by atoms with van der Waals surface area (Å²) in [6, 6.07) is 9.19. The molecule has 0 unspecified atom stereocenters. The highest BCUT2D eigenvalue weighted by atomic mass is 35.5. The lowest BCUT2D eigenvalue weighted by Crippen LogP contribution is -2.26. The van der Waals surface area contributed by atoms with E-state index in [4.69, 9.17) is 21.1 Å². The van der Waals surface area contributed by atoms with Crippen LogP contribution in [-0.4, -0.2) is 29.2 Å². The molecule has 0 radical (unpaired) electrons. The number of amides is 1. The first kappa shape index (κ1) is 15.7. The van der Waals surface area contributed by atoms with Crippen LogP contribution >= 0.6 is 11.6 Å². The SMILES string of the molecule is O=C(NCCc1ccccn1)c1cnc2cc3c(cc2c1Cl)OCO3. The molecule has 0 saturated carbocycles. The molecule has 1 aliphatic rings. The van der Waals surface area contributed by atoms with Crippen molar-refractivity contribution >= 4 is 28.4 Å². The van der Waals surface area contributed by atoms with E-state index in [0.29, 0.717) is 46.0 Å². The van der Waals surface area contributed by atoms with Crippen molar-refractivity contribution in [1.29, 1.82) is 0 Å². The van der Waals surface area contributed by atoms with E-state index in [1.54, 1.807) is 18.3 Å². The van der Waals surface area contributed by atoms with Crippen LogP contribution in [0.3, 0.4) is 0 Å². The van der Waals surface area contributed by atoms with Gasteiger partial charge in [0.05, 0.1) is 16.1 Å². The molecule has 126 valence electrons. The smallest absolute Gasteiger partial charge is 0.254 e. The zero-order valence-corrected chi connectivity index (χ0v) is 13.9. The molecule has 25 heavy (non-hydrogen) atoms. The number of halogens is 1. The van der Waals surface area contributed by atoms with Gasteiger partial charge in [0.2, 0.25) is 6.79 Å². The highest BCUT2D eigenvalue weighted by molar-refractivity contribution is 6.38. The summed E-state index contributed by atoms with van der Waals surface area (Å²) in [4.78, 5) is 21.0. The van der Waals surface area contributed by atoms with Gasteiger partial charge in [-0.15, -0.1) is 0 Å². The molecule has 0 aliphatic carbocycles. The molecule has 3 aromatic rings. The molecule has 0 atom stereocenters. The number of nitrogens with zero attached hydrogens (tertiary/aromatic N) is 2. The first-order valence-corrected chi connectivity index (χ1v) is 8.16. The minimum atomic E-state index is -0.270. The minimum absolute atomic E-state index is 0.171.